The van der Waals surface area contributed by atoms with Crippen LogP contribution >= 0.6 is 11.6 Å². The fourth-order valence-corrected chi connectivity index (χ4v) is 7.33. The highest BCUT2D eigenvalue weighted by Crippen LogP contribution is 2.34. The van der Waals surface area contributed by atoms with Crippen LogP contribution in [0.4, 0.5) is 17.6 Å². The van der Waals surface area contributed by atoms with E-state index in [1.54, 1.807) is 16.9 Å². The molecule has 0 bridgehead atoms. The summed E-state index contributed by atoms with van der Waals surface area (Å²) in [6.07, 6.45) is -5.48. The minimum Gasteiger partial charge on any atom is -0.341 e. The minimum absolute atomic E-state index is 0.0652. The first-order valence-corrected chi connectivity index (χ1v) is 15.2. The van der Waals surface area contributed by atoms with Crippen LogP contribution in [-0.4, -0.2) is 32.7 Å². The van der Waals surface area contributed by atoms with Crippen molar-refractivity contribution in [2.24, 2.45) is 0 Å². The molecule has 0 spiro atoms. The molecule has 216 valence electrons. The largest absolute Gasteiger partial charge is 0.416 e. The van der Waals surface area contributed by atoms with E-state index in [0.717, 1.165) is 24.3 Å². The third-order valence-electron chi connectivity index (χ3n) is 6.41. The predicted octanol–water partition coefficient (Wildman–Crippen LogP) is 4.53. The third kappa shape index (κ3) is 6.07. The van der Waals surface area contributed by atoms with E-state index in [4.69, 9.17) is 11.6 Å². The van der Waals surface area contributed by atoms with Gasteiger partial charge in [0.05, 0.1) is 34.0 Å². The monoisotopic (exact) mass is 630 g/mol. The zero-order valence-electron chi connectivity index (χ0n) is 20.5. The van der Waals surface area contributed by atoms with Crippen molar-refractivity contribution in [3.63, 3.8) is 0 Å². The van der Waals surface area contributed by atoms with E-state index in [1.165, 1.54) is 18.2 Å². The molecule has 2 atom stereocenters. The van der Waals surface area contributed by atoms with Crippen molar-refractivity contribution < 1.29 is 39.2 Å². The van der Waals surface area contributed by atoms with E-state index in [9.17, 15) is 34.8 Å². The number of carbonyl (C=O) groups is 1. The molecule has 4 aromatic rings. The van der Waals surface area contributed by atoms with Gasteiger partial charge in [0.25, 0.3) is 0 Å². The molecule has 3 N–H and O–H groups in total. The quantitative estimate of drug-likeness (QED) is 0.257. The van der Waals surface area contributed by atoms with Crippen molar-refractivity contribution in [2.75, 3.05) is 0 Å². The second kappa shape index (κ2) is 10.4. The molecule has 41 heavy (non-hydrogen) atoms. The van der Waals surface area contributed by atoms with Crippen LogP contribution in [0.5, 0.6) is 0 Å². The fourth-order valence-electron chi connectivity index (χ4n) is 4.48. The Morgan fingerprint density at radius 1 is 1.10 bits per heavy atom. The highest BCUT2D eigenvalue weighted by Gasteiger charge is 2.39. The van der Waals surface area contributed by atoms with E-state index < -0.39 is 66.1 Å². The van der Waals surface area contributed by atoms with Gasteiger partial charge in [-0.1, -0.05) is 29.8 Å². The number of rotatable bonds is 7. The number of nitrogens with zero attached hydrogens (tertiary/aromatic N) is 1. The molecule has 1 aliphatic heterocycles. The summed E-state index contributed by atoms with van der Waals surface area (Å²) in [5.41, 5.74) is -0.343. The number of fused-ring (bicyclic) bond motifs is 1. The summed E-state index contributed by atoms with van der Waals surface area (Å²) in [5.74, 6) is -1.65. The Kier molecular flexibility index (Phi) is 7.34. The number of aromatic amines is 1. The zero-order valence-corrected chi connectivity index (χ0v) is 22.9. The fraction of sp³-hybridized carbons (Fsp3) is 0.200. The molecule has 5 rings (SSSR count). The summed E-state index contributed by atoms with van der Waals surface area (Å²) in [7, 11) is -8.68. The van der Waals surface area contributed by atoms with E-state index in [1.807, 2.05) is 0 Å². The summed E-state index contributed by atoms with van der Waals surface area (Å²) in [5, 5.41) is -1.07. The summed E-state index contributed by atoms with van der Waals surface area (Å²) in [6, 6.07) is 10.2. The van der Waals surface area contributed by atoms with Gasteiger partial charge in [-0.15, -0.1) is 0 Å². The number of halogens is 5. The highest BCUT2D eigenvalue weighted by atomic mass is 35.5. The Morgan fingerprint density at radius 2 is 1.85 bits per heavy atom. The molecule has 2 heterocycles. The number of alkyl halides is 3. The predicted molar refractivity (Wildman–Crippen MR) is 140 cm³/mol. The standard InChI is InChI=1S/C25H19ClF4N4O5S2/c26-15-5-7-19-20(11-15)32-24(31-19)21(33-40(36,37)16-3-1-2-14(10-16)25(28,29)30)9-13-4-6-17(18(27)8-13)22-12-23(35)34-41(22,38)39/h1-8,10-11,21-22,33H,9,12H2,(H,31,32)(H,34,35)/t21-,22?/m0/s1. The van der Waals surface area contributed by atoms with Gasteiger partial charge in [-0.05, 0) is 54.4 Å². The van der Waals surface area contributed by atoms with Gasteiger partial charge >= 0.3 is 6.18 Å². The van der Waals surface area contributed by atoms with Gasteiger partial charge in [-0.3, -0.25) is 9.52 Å². The van der Waals surface area contributed by atoms with Crippen molar-refractivity contribution in [3.05, 3.63) is 94.0 Å². The summed E-state index contributed by atoms with van der Waals surface area (Å²) < 4.78 is 110. The molecule has 9 nitrogen and oxygen atoms in total. The molecule has 1 saturated heterocycles. The summed E-state index contributed by atoms with van der Waals surface area (Å²) in [4.78, 5) is 18.2. The van der Waals surface area contributed by atoms with E-state index >= 15 is 4.39 Å². The van der Waals surface area contributed by atoms with Crippen LogP contribution in [-0.2, 0) is 37.4 Å². The lowest BCUT2D eigenvalue weighted by Gasteiger charge is -2.18. The second-order valence-electron chi connectivity index (χ2n) is 9.31. The van der Waals surface area contributed by atoms with Gasteiger partial charge in [0, 0.05) is 10.6 Å². The molecule has 0 saturated carbocycles. The lowest BCUT2D eigenvalue weighted by atomic mass is 10.0. The van der Waals surface area contributed by atoms with Gasteiger partial charge in [0.2, 0.25) is 26.0 Å². The van der Waals surface area contributed by atoms with Crippen LogP contribution in [0.1, 0.15) is 40.2 Å². The Balaban J connectivity index is 1.51. The molecule has 1 amide bonds. The first kappa shape index (κ1) is 29.0. The lowest BCUT2D eigenvalue weighted by Crippen LogP contribution is -2.31. The van der Waals surface area contributed by atoms with Crippen LogP contribution in [0.3, 0.4) is 0 Å². The number of nitrogens with one attached hydrogen (secondary N) is 3. The van der Waals surface area contributed by atoms with Crippen molar-refractivity contribution in [1.82, 2.24) is 19.4 Å². The first-order valence-electron chi connectivity index (χ1n) is 11.8. The number of H-pyrrole nitrogens is 1. The Morgan fingerprint density at radius 3 is 2.51 bits per heavy atom. The van der Waals surface area contributed by atoms with E-state index in [2.05, 4.69) is 14.7 Å². The maximum Gasteiger partial charge on any atom is 0.416 e. The van der Waals surface area contributed by atoms with Crippen molar-refractivity contribution in [1.29, 1.82) is 0 Å². The average molecular weight is 631 g/mol. The SMILES string of the molecule is O=C1CC(c2ccc(C[C@H](NS(=O)(=O)c3cccc(C(F)(F)F)c3)c3nc4ccc(Cl)cc4[nH]3)cc2F)S(=O)(=O)N1. The number of aromatic nitrogens is 2. The van der Waals surface area contributed by atoms with E-state index in [0.29, 0.717) is 22.1 Å². The smallest absolute Gasteiger partial charge is 0.341 e. The molecule has 16 heteroatoms. The summed E-state index contributed by atoms with van der Waals surface area (Å²) >= 11 is 6.03. The molecule has 1 fully saturated rings. The molecular formula is C25H19ClF4N4O5S2. The topological polar surface area (TPSA) is 138 Å². The minimum atomic E-state index is -4.78. The maximum absolute atomic E-state index is 15.1. The van der Waals surface area contributed by atoms with Crippen LogP contribution in [0, 0.1) is 5.82 Å². The van der Waals surface area contributed by atoms with Crippen molar-refractivity contribution >= 4 is 48.6 Å². The molecule has 1 unspecified atom stereocenters. The van der Waals surface area contributed by atoms with Crippen LogP contribution in [0.25, 0.3) is 11.0 Å². The maximum atomic E-state index is 15.1. The number of hydrogen-bond donors (Lipinski definition) is 3. The van der Waals surface area contributed by atoms with Gasteiger partial charge in [-0.25, -0.2) is 30.9 Å². The van der Waals surface area contributed by atoms with Crippen molar-refractivity contribution in [2.45, 2.75) is 35.2 Å². The normalized spacial score (nSPS) is 18.0. The number of benzene rings is 3. The average Bonchev–Trinajstić information content (AvgIpc) is 3.41. The highest BCUT2D eigenvalue weighted by molar-refractivity contribution is 7.90. The first-order chi connectivity index (χ1) is 19.1. The number of sulfonamides is 2. The number of hydrogen-bond acceptors (Lipinski definition) is 6. The van der Waals surface area contributed by atoms with Crippen LogP contribution in [0.2, 0.25) is 5.02 Å². The molecule has 0 radical (unpaired) electrons. The Labute approximate surface area is 236 Å². The van der Waals surface area contributed by atoms with E-state index in [-0.39, 0.29) is 23.4 Å². The zero-order chi connectivity index (χ0) is 29.7. The van der Waals surface area contributed by atoms with Gasteiger partial charge in [0.15, 0.2) is 0 Å². The number of amides is 1. The lowest BCUT2D eigenvalue weighted by molar-refractivity contribution is -0.137. The molecule has 1 aromatic heterocycles. The van der Waals surface area contributed by atoms with Crippen LogP contribution in [0.15, 0.2) is 65.6 Å². The number of imidazole rings is 1. The Hall–Kier alpha value is -3.53. The summed E-state index contributed by atoms with van der Waals surface area (Å²) in [6.45, 7) is 0. The molecule has 1 aliphatic rings. The Bertz CT molecular complexity index is 1900. The second-order valence-corrected chi connectivity index (χ2v) is 13.3. The van der Waals surface area contributed by atoms with Gasteiger partial charge in [0.1, 0.15) is 16.9 Å². The van der Waals surface area contributed by atoms with Crippen molar-refractivity contribution in [3.8, 4) is 0 Å². The molecule has 0 aliphatic carbocycles. The van der Waals surface area contributed by atoms with Gasteiger partial charge < -0.3 is 4.98 Å². The van der Waals surface area contributed by atoms with Gasteiger partial charge in [-0.2, -0.15) is 13.2 Å². The third-order valence-corrected chi connectivity index (χ3v) is 9.80. The molecule has 3 aromatic carbocycles. The number of carbonyl (C=O) groups excluding carboxylic acids is 1. The van der Waals surface area contributed by atoms with Crippen LogP contribution < -0.4 is 9.44 Å². The molecular weight excluding hydrogens is 612 g/mol.